The summed E-state index contributed by atoms with van der Waals surface area (Å²) in [6.07, 6.45) is 4.35. The molecule has 3 heteroatoms. The fourth-order valence-corrected chi connectivity index (χ4v) is 3.14. The summed E-state index contributed by atoms with van der Waals surface area (Å²) >= 11 is 0. The van der Waals surface area contributed by atoms with Crippen molar-refractivity contribution < 1.29 is 9.84 Å². The van der Waals surface area contributed by atoms with Crippen LogP contribution in [0.25, 0.3) is 0 Å². The zero-order chi connectivity index (χ0) is 14.4. The van der Waals surface area contributed by atoms with Crippen molar-refractivity contribution >= 4 is 0 Å². The zero-order valence-electron chi connectivity index (χ0n) is 12.6. The maximum atomic E-state index is 9.67. The summed E-state index contributed by atoms with van der Waals surface area (Å²) in [5.74, 6) is 0. The highest BCUT2D eigenvalue weighted by atomic mass is 16.5. The molecular formula is C17H27NO2. The molecule has 0 saturated heterocycles. The van der Waals surface area contributed by atoms with Gasteiger partial charge in [0.1, 0.15) is 0 Å². The van der Waals surface area contributed by atoms with Crippen molar-refractivity contribution in [3.8, 4) is 0 Å². The van der Waals surface area contributed by atoms with Crippen LogP contribution >= 0.6 is 0 Å². The summed E-state index contributed by atoms with van der Waals surface area (Å²) in [5, 5.41) is 13.1. The Hall–Kier alpha value is -0.900. The Morgan fingerprint density at radius 3 is 2.55 bits per heavy atom. The second kappa shape index (κ2) is 7.21. The number of benzene rings is 1. The van der Waals surface area contributed by atoms with Gasteiger partial charge >= 0.3 is 0 Å². The molecular weight excluding hydrogens is 250 g/mol. The van der Waals surface area contributed by atoms with E-state index >= 15 is 0 Å². The van der Waals surface area contributed by atoms with E-state index in [1.807, 2.05) is 0 Å². The summed E-state index contributed by atoms with van der Waals surface area (Å²) in [6.45, 7) is 3.40. The average molecular weight is 277 g/mol. The smallest absolute Gasteiger partial charge is 0.0897 e. The molecule has 0 heterocycles. The third kappa shape index (κ3) is 4.05. The maximum Gasteiger partial charge on any atom is 0.0897 e. The predicted octanol–water partition coefficient (Wildman–Crippen LogP) is 2.48. The molecule has 0 bridgehead atoms. The van der Waals surface area contributed by atoms with E-state index in [4.69, 9.17) is 4.74 Å². The Morgan fingerprint density at radius 1 is 1.30 bits per heavy atom. The monoisotopic (exact) mass is 277 g/mol. The van der Waals surface area contributed by atoms with Crippen molar-refractivity contribution in [2.45, 2.75) is 50.2 Å². The lowest BCUT2D eigenvalue weighted by molar-refractivity contribution is 0.0609. The van der Waals surface area contributed by atoms with Crippen LogP contribution in [0.4, 0.5) is 0 Å². The normalized spacial score (nSPS) is 28.2. The number of methoxy groups -OCH3 is 1. The van der Waals surface area contributed by atoms with E-state index < -0.39 is 6.10 Å². The second-order valence-corrected chi connectivity index (χ2v) is 6.22. The number of rotatable bonds is 6. The van der Waals surface area contributed by atoms with Crippen LogP contribution in [0, 0.1) is 0 Å². The van der Waals surface area contributed by atoms with Crippen LogP contribution in [0.5, 0.6) is 0 Å². The number of nitrogens with one attached hydrogen (secondary N) is 1. The minimum atomic E-state index is -0.401. The van der Waals surface area contributed by atoms with E-state index in [-0.39, 0.29) is 0 Å². The van der Waals surface area contributed by atoms with Crippen molar-refractivity contribution in [1.82, 2.24) is 5.32 Å². The van der Waals surface area contributed by atoms with E-state index in [9.17, 15) is 5.11 Å². The van der Waals surface area contributed by atoms with Gasteiger partial charge in [-0.05, 0) is 36.7 Å². The highest BCUT2D eigenvalue weighted by Crippen LogP contribution is 2.38. The van der Waals surface area contributed by atoms with Gasteiger partial charge in [0, 0.05) is 19.7 Å². The van der Waals surface area contributed by atoms with Gasteiger partial charge in [0.15, 0.2) is 0 Å². The van der Waals surface area contributed by atoms with E-state index in [1.165, 1.54) is 31.2 Å². The molecule has 1 fully saturated rings. The fourth-order valence-electron chi connectivity index (χ4n) is 3.14. The molecule has 0 spiro atoms. The van der Waals surface area contributed by atoms with Crippen LogP contribution in [0.15, 0.2) is 30.3 Å². The van der Waals surface area contributed by atoms with Gasteiger partial charge in [-0.15, -0.1) is 0 Å². The van der Waals surface area contributed by atoms with E-state index in [1.54, 1.807) is 7.11 Å². The number of aliphatic hydroxyl groups excluding tert-OH is 1. The van der Waals surface area contributed by atoms with Gasteiger partial charge in [-0.2, -0.15) is 0 Å². The highest BCUT2D eigenvalue weighted by molar-refractivity contribution is 5.25. The molecule has 112 valence electrons. The summed E-state index contributed by atoms with van der Waals surface area (Å²) in [5.41, 5.74) is 1.77. The molecule has 2 rings (SSSR count). The first kappa shape index (κ1) is 15.5. The Labute approximate surface area is 122 Å². The molecule has 1 atom stereocenters. The van der Waals surface area contributed by atoms with Gasteiger partial charge < -0.3 is 15.2 Å². The Kier molecular flexibility index (Phi) is 5.58. The van der Waals surface area contributed by atoms with Crippen LogP contribution in [0.3, 0.4) is 0 Å². The lowest BCUT2D eigenvalue weighted by Crippen LogP contribution is -2.42. The summed E-state index contributed by atoms with van der Waals surface area (Å²) in [7, 11) is 1.62. The van der Waals surface area contributed by atoms with Crippen molar-refractivity contribution in [2.75, 3.05) is 20.3 Å². The highest BCUT2D eigenvalue weighted by Gasteiger charge is 2.32. The summed E-state index contributed by atoms with van der Waals surface area (Å²) < 4.78 is 4.94. The number of hydrogen-bond donors (Lipinski definition) is 2. The minimum absolute atomic E-state index is 0.310. The van der Waals surface area contributed by atoms with Gasteiger partial charge in [-0.25, -0.2) is 0 Å². The molecule has 0 aromatic heterocycles. The molecule has 0 aliphatic heterocycles. The third-order valence-corrected chi connectivity index (χ3v) is 4.56. The van der Waals surface area contributed by atoms with Crippen LogP contribution < -0.4 is 5.32 Å². The van der Waals surface area contributed by atoms with Crippen LogP contribution in [-0.2, 0) is 10.2 Å². The zero-order valence-corrected chi connectivity index (χ0v) is 12.6. The largest absolute Gasteiger partial charge is 0.389 e. The Balaban J connectivity index is 1.80. The first-order valence-corrected chi connectivity index (χ1v) is 7.60. The minimum Gasteiger partial charge on any atom is -0.389 e. The molecule has 2 N–H and O–H groups in total. The maximum absolute atomic E-state index is 9.67. The molecule has 1 aliphatic rings. The SMILES string of the molecule is COCC(O)CNC1CCC(C)(c2ccccc2)CC1. The topological polar surface area (TPSA) is 41.5 Å². The summed E-state index contributed by atoms with van der Waals surface area (Å²) in [4.78, 5) is 0. The van der Waals surface area contributed by atoms with Crippen molar-refractivity contribution in [2.24, 2.45) is 0 Å². The molecule has 20 heavy (non-hydrogen) atoms. The van der Waals surface area contributed by atoms with E-state index in [2.05, 4.69) is 42.6 Å². The molecule has 1 aliphatic carbocycles. The first-order chi connectivity index (χ1) is 9.64. The Bertz CT molecular complexity index is 385. The van der Waals surface area contributed by atoms with Gasteiger partial charge in [0.2, 0.25) is 0 Å². The van der Waals surface area contributed by atoms with Gasteiger partial charge in [-0.1, -0.05) is 37.3 Å². The quantitative estimate of drug-likeness (QED) is 0.839. The van der Waals surface area contributed by atoms with Crippen LogP contribution in [-0.4, -0.2) is 37.5 Å². The molecule has 0 radical (unpaired) electrons. The lowest BCUT2D eigenvalue weighted by Gasteiger charge is -2.38. The average Bonchev–Trinajstić information content (AvgIpc) is 2.48. The van der Waals surface area contributed by atoms with Crippen molar-refractivity contribution in [1.29, 1.82) is 0 Å². The molecule has 1 aromatic rings. The standard InChI is InChI=1S/C17H27NO2/c1-17(14-6-4-3-5-7-14)10-8-15(9-11-17)18-12-16(19)13-20-2/h3-7,15-16,18-19H,8-13H2,1-2H3. The fraction of sp³-hybridized carbons (Fsp3) is 0.647. The predicted molar refractivity (Wildman–Crippen MR) is 81.9 cm³/mol. The molecule has 1 saturated carbocycles. The van der Waals surface area contributed by atoms with E-state index in [0.717, 1.165) is 0 Å². The molecule has 0 amide bonds. The molecule has 1 unspecified atom stereocenters. The van der Waals surface area contributed by atoms with Crippen LogP contribution in [0.2, 0.25) is 0 Å². The van der Waals surface area contributed by atoms with Crippen LogP contribution in [0.1, 0.15) is 38.2 Å². The van der Waals surface area contributed by atoms with Crippen molar-refractivity contribution in [3.63, 3.8) is 0 Å². The molecule has 1 aromatic carbocycles. The number of ether oxygens (including phenoxy) is 1. The van der Waals surface area contributed by atoms with Crippen molar-refractivity contribution in [3.05, 3.63) is 35.9 Å². The van der Waals surface area contributed by atoms with Gasteiger partial charge in [0.25, 0.3) is 0 Å². The third-order valence-electron chi connectivity index (χ3n) is 4.56. The van der Waals surface area contributed by atoms with Gasteiger partial charge in [0.05, 0.1) is 12.7 Å². The number of aliphatic hydroxyl groups is 1. The molecule has 3 nitrogen and oxygen atoms in total. The Morgan fingerprint density at radius 2 is 1.95 bits per heavy atom. The number of hydrogen-bond acceptors (Lipinski definition) is 3. The first-order valence-electron chi connectivity index (χ1n) is 7.60. The van der Waals surface area contributed by atoms with Gasteiger partial charge in [-0.3, -0.25) is 0 Å². The lowest BCUT2D eigenvalue weighted by atomic mass is 9.69. The summed E-state index contributed by atoms with van der Waals surface area (Å²) in [6, 6.07) is 11.4. The second-order valence-electron chi connectivity index (χ2n) is 6.22. The van der Waals surface area contributed by atoms with E-state index in [0.29, 0.717) is 24.6 Å².